The molecule has 4 aromatic rings. The van der Waals surface area contributed by atoms with E-state index in [-0.39, 0.29) is 24.7 Å². The maximum atomic E-state index is 14.0. The van der Waals surface area contributed by atoms with Gasteiger partial charge in [-0.3, -0.25) is 9.36 Å². The Morgan fingerprint density at radius 1 is 1.10 bits per heavy atom. The molecule has 0 saturated heterocycles. The summed E-state index contributed by atoms with van der Waals surface area (Å²) >= 11 is 1.30. The molecule has 3 heterocycles. The lowest BCUT2D eigenvalue weighted by atomic mass is 10.2. The number of fused-ring (bicyclic) bond motifs is 2. The molecule has 5 rings (SSSR count). The third-order valence-electron chi connectivity index (χ3n) is 4.62. The number of rotatable bonds is 5. The molecule has 0 radical (unpaired) electrons. The second-order valence-electron chi connectivity index (χ2n) is 6.47. The number of benzene rings is 2. The molecule has 0 bridgehead atoms. The molecule has 29 heavy (non-hydrogen) atoms. The summed E-state index contributed by atoms with van der Waals surface area (Å²) in [5, 5.41) is 0.900. The lowest BCUT2D eigenvalue weighted by molar-refractivity contribution is 0.174. The van der Waals surface area contributed by atoms with Gasteiger partial charge >= 0.3 is 0 Å². The lowest BCUT2D eigenvalue weighted by Crippen LogP contribution is -2.23. The van der Waals surface area contributed by atoms with Gasteiger partial charge in [-0.25, -0.2) is 9.37 Å². The van der Waals surface area contributed by atoms with Gasteiger partial charge in [0.1, 0.15) is 11.6 Å². The minimum atomic E-state index is -0.288. The van der Waals surface area contributed by atoms with Crippen molar-refractivity contribution >= 4 is 22.7 Å². The predicted octanol–water partition coefficient (Wildman–Crippen LogP) is 4.20. The molecule has 0 spiro atoms. The molecule has 8 heteroatoms. The van der Waals surface area contributed by atoms with E-state index in [1.807, 2.05) is 0 Å². The number of aromatic nitrogens is 2. The summed E-state index contributed by atoms with van der Waals surface area (Å²) < 4.78 is 31.8. The summed E-state index contributed by atoms with van der Waals surface area (Å²) in [5.74, 6) is 1.75. The van der Waals surface area contributed by atoms with Gasteiger partial charge in [0.05, 0.1) is 23.7 Å². The molecule has 146 valence electrons. The van der Waals surface area contributed by atoms with Crippen molar-refractivity contribution in [2.75, 3.05) is 6.79 Å². The van der Waals surface area contributed by atoms with Gasteiger partial charge in [0.2, 0.25) is 6.79 Å². The van der Waals surface area contributed by atoms with Crippen molar-refractivity contribution < 1.29 is 18.3 Å². The number of hydrogen-bond acceptors (Lipinski definition) is 6. The minimum Gasteiger partial charge on any atom is -0.467 e. The molecule has 2 aromatic heterocycles. The van der Waals surface area contributed by atoms with Crippen LogP contribution in [0.4, 0.5) is 4.39 Å². The van der Waals surface area contributed by atoms with E-state index in [2.05, 4.69) is 4.98 Å². The molecule has 0 atom stereocenters. The lowest BCUT2D eigenvalue weighted by Gasteiger charge is -2.13. The Morgan fingerprint density at radius 3 is 2.72 bits per heavy atom. The molecule has 1 aliphatic heterocycles. The molecular formula is C21H15FN2O4S. The van der Waals surface area contributed by atoms with Gasteiger partial charge in [0.15, 0.2) is 16.7 Å². The Labute approximate surface area is 168 Å². The van der Waals surface area contributed by atoms with Gasteiger partial charge in [-0.1, -0.05) is 30.0 Å². The molecule has 0 N–H and O–H groups in total. The fourth-order valence-electron chi connectivity index (χ4n) is 3.16. The monoisotopic (exact) mass is 410 g/mol. The largest absolute Gasteiger partial charge is 0.467 e. The van der Waals surface area contributed by atoms with Gasteiger partial charge in [0.25, 0.3) is 5.56 Å². The van der Waals surface area contributed by atoms with Crippen molar-refractivity contribution in [2.45, 2.75) is 17.5 Å². The number of hydrogen-bond donors (Lipinski definition) is 0. The molecule has 0 fully saturated rings. The van der Waals surface area contributed by atoms with Crippen molar-refractivity contribution in [1.82, 2.24) is 9.55 Å². The van der Waals surface area contributed by atoms with E-state index in [0.29, 0.717) is 44.6 Å². The zero-order valence-electron chi connectivity index (χ0n) is 15.1. The maximum Gasteiger partial charge on any atom is 0.262 e. The van der Waals surface area contributed by atoms with Crippen LogP contribution in [0.25, 0.3) is 10.9 Å². The van der Waals surface area contributed by atoms with Crippen molar-refractivity contribution in [1.29, 1.82) is 0 Å². The van der Waals surface area contributed by atoms with Crippen molar-refractivity contribution in [2.24, 2.45) is 0 Å². The zero-order valence-corrected chi connectivity index (χ0v) is 15.9. The van der Waals surface area contributed by atoms with Gasteiger partial charge in [0, 0.05) is 11.8 Å². The van der Waals surface area contributed by atoms with Crippen LogP contribution in [0.2, 0.25) is 0 Å². The number of ether oxygens (including phenoxy) is 2. The van der Waals surface area contributed by atoms with Crippen LogP contribution >= 0.6 is 11.8 Å². The first-order valence-corrected chi connectivity index (χ1v) is 9.90. The van der Waals surface area contributed by atoms with Crippen LogP contribution in [-0.4, -0.2) is 16.3 Å². The van der Waals surface area contributed by atoms with E-state index in [1.54, 1.807) is 48.7 Å². The summed E-state index contributed by atoms with van der Waals surface area (Å²) in [7, 11) is 0. The third-order valence-corrected chi connectivity index (χ3v) is 5.65. The molecule has 0 aliphatic carbocycles. The van der Waals surface area contributed by atoms with Crippen LogP contribution in [0.15, 0.2) is 69.2 Å². The Hall–Kier alpha value is -3.26. The van der Waals surface area contributed by atoms with E-state index >= 15 is 0 Å². The Morgan fingerprint density at radius 2 is 1.93 bits per heavy atom. The first-order valence-electron chi connectivity index (χ1n) is 8.92. The quantitative estimate of drug-likeness (QED) is 0.363. The second-order valence-corrected chi connectivity index (χ2v) is 7.41. The first-order chi connectivity index (χ1) is 14.2. The average Bonchev–Trinajstić information content (AvgIpc) is 3.40. The van der Waals surface area contributed by atoms with Crippen LogP contribution < -0.4 is 15.0 Å². The predicted molar refractivity (Wildman–Crippen MR) is 106 cm³/mol. The van der Waals surface area contributed by atoms with E-state index in [4.69, 9.17) is 13.9 Å². The van der Waals surface area contributed by atoms with Crippen LogP contribution in [0.3, 0.4) is 0 Å². The Bertz CT molecular complexity index is 1250. The number of furan rings is 1. The average molecular weight is 410 g/mol. The summed E-state index contributed by atoms with van der Waals surface area (Å²) in [4.78, 5) is 17.9. The molecule has 2 aromatic carbocycles. The normalized spacial score (nSPS) is 12.6. The van der Waals surface area contributed by atoms with Crippen LogP contribution in [0, 0.1) is 5.82 Å². The topological polar surface area (TPSA) is 66.5 Å². The number of halogens is 1. The summed E-state index contributed by atoms with van der Waals surface area (Å²) in [6.07, 6.45) is 1.55. The zero-order chi connectivity index (χ0) is 19.8. The summed E-state index contributed by atoms with van der Waals surface area (Å²) in [6.45, 7) is 0.337. The van der Waals surface area contributed by atoms with E-state index in [0.717, 1.165) is 0 Å². The highest BCUT2D eigenvalue weighted by Crippen LogP contribution is 2.35. The van der Waals surface area contributed by atoms with E-state index < -0.39 is 0 Å². The maximum absolute atomic E-state index is 14.0. The molecule has 0 amide bonds. The summed E-state index contributed by atoms with van der Waals surface area (Å²) in [5.41, 5.74) is 0.828. The first kappa shape index (κ1) is 17.8. The summed E-state index contributed by atoms with van der Waals surface area (Å²) in [6, 6.07) is 13.5. The molecule has 0 saturated carbocycles. The number of nitrogens with zero attached hydrogens (tertiary/aromatic N) is 2. The van der Waals surface area contributed by atoms with Crippen LogP contribution in [0.1, 0.15) is 11.3 Å². The van der Waals surface area contributed by atoms with E-state index in [1.165, 1.54) is 22.4 Å². The Kier molecular flexibility index (Phi) is 4.48. The van der Waals surface area contributed by atoms with Crippen molar-refractivity contribution in [3.63, 3.8) is 0 Å². The standard InChI is InChI=1S/C21H15FN2O4S/c22-16-6-2-1-4-13(16)11-29-21-23-17-9-19-18(27-12-28-19)8-15(17)20(25)24(21)10-14-5-3-7-26-14/h1-9H,10-12H2. The second kappa shape index (κ2) is 7.29. The van der Waals surface area contributed by atoms with Gasteiger partial charge < -0.3 is 13.9 Å². The highest BCUT2D eigenvalue weighted by Gasteiger charge is 2.20. The van der Waals surface area contributed by atoms with Crippen LogP contribution in [-0.2, 0) is 12.3 Å². The molecular weight excluding hydrogens is 395 g/mol. The fourth-order valence-corrected chi connectivity index (χ4v) is 4.14. The van der Waals surface area contributed by atoms with Crippen LogP contribution in [0.5, 0.6) is 11.5 Å². The Balaban J connectivity index is 1.60. The highest BCUT2D eigenvalue weighted by molar-refractivity contribution is 7.98. The SMILES string of the molecule is O=c1c2cc3c(cc2nc(SCc2ccccc2F)n1Cc1ccco1)OCO3. The van der Waals surface area contributed by atoms with Gasteiger partial charge in [-0.2, -0.15) is 0 Å². The minimum absolute atomic E-state index is 0.112. The molecule has 1 aliphatic rings. The van der Waals surface area contributed by atoms with Gasteiger partial charge in [-0.15, -0.1) is 0 Å². The van der Waals surface area contributed by atoms with Gasteiger partial charge in [-0.05, 0) is 29.8 Å². The van der Waals surface area contributed by atoms with E-state index in [9.17, 15) is 9.18 Å². The third kappa shape index (κ3) is 3.36. The molecule has 6 nitrogen and oxygen atoms in total. The fraction of sp³-hybridized carbons (Fsp3) is 0.143. The van der Waals surface area contributed by atoms with Crippen molar-refractivity contribution in [3.8, 4) is 11.5 Å². The number of thioether (sulfide) groups is 1. The highest BCUT2D eigenvalue weighted by atomic mass is 32.2. The van der Waals surface area contributed by atoms with Crippen molar-refractivity contribution in [3.05, 3.63) is 82.3 Å². The smallest absolute Gasteiger partial charge is 0.262 e. The molecule has 0 unspecified atom stereocenters.